The summed E-state index contributed by atoms with van der Waals surface area (Å²) in [6, 6.07) is 5.24. The highest BCUT2D eigenvalue weighted by atomic mass is 19.4. The molecule has 0 unspecified atom stereocenters. The van der Waals surface area contributed by atoms with Crippen LogP contribution in [0.5, 0.6) is 0 Å². The lowest BCUT2D eigenvalue weighted by atomic mass is 9.86. The van der Waals surface area contributed by atoms with E-state index in [-0.39, 0.29) is 6.42 Å². The molecule has 0 atom stereocenters. The van der Waals surface area contributed by atoms with Gasteiger partial charge in [-0.1, -0.05) is 44.9 Å². The van der Waals surface area contributed by atoms with Gasteiger partial charge in [0, 0.05) is 6.42 Å². The summed E-state index contributed by atoms with van der Waals surface area (Å²) in [6.07, 6.45) is -1.21. The standard InChI is InChI=1S/C15H21F3O/c1-3-8-14(19,9-4-2)11-12-6-5-7-13(10-12)15(16,17)18/h5-7,10,19H,3-4,8-9,11H2,1-2H3. The van der Waals surface area contributed by atoms with Crippen molar-refractivity contribution in [3.05, 3.63) is 35.4 Å². The SMILES string of the molecule is CCCC(O)(CCC)Cc1cccc(C(F)(F)F)c1. The van der Waals surface area contributed by atoms with Crippen molar-refractivity contribution in [2.75, 3.05) is 0 Å². The van der Waals surface area contributed by atoms with Gasteiger partial charge in [-0.2, -0.15) is 13.2 Å². The Morgan fingerprint density at radius 1 is 1.05 bits per heavy atom. The maximum absolute atomic E-state index is 12.6. The number of benzene rings is 1. The predicted octanol–water partition coefficient (Wildman–Crippen LogP) is 4.58. The Balaban J connectivity index is 2.91. The highest BCUT2D eigenvalue weighted by Crippen LogP contribution is 2.31. The van der Waals surface area contributed by atoms with Crippen LogP contribution in [0.1, 0.15) is 50.7 Å². The van der Waals surface area contributed by atoms with Crippen molar-refractivity contribution in [3.8, 4) is 0 Å². The molecule has 108 valence electrons. The molecule has 0 aliphatic heterocycles. The minimum atomic E-state index is -4.33. The van der Waals surface area contributed by atoms with Gasteiger partial charge in [0.25, 0.3) is 0 Å². The fourth-order valence-electron chi connectivity index (χ4n) is 2.47. The molecule has 1 aromatic carbocycles. The molecule has 0 radical (unpaired) electrons. The molecule has 0 spiro atoms. The molecule has 0 aliphatic carbocycles. The van der Waals surface area contributed by atoms with Gasteiger partial charge >= 0.3 is 6.18 Å². The lowest BCUT2D eigenvalue weighted by Gasteiger charge is -2.28. The Labute approximate surface area is 112 Å². The van der Waals surface area contributed by atoms with E-state index in [1.54, 1.807) is 6.07 Å². The highest BCUT2D eigenvalue weighted by molar-refractivity contribution is 5.26. The number of aliphatic hydroxyl groups is 1. The van der Waals surface area contributed by atoms with Crippen molar-refractivity contribution >= 4 is 0 Å². The van der Waals surface area contributed by atoms with Crippen LogP contribution in [0.4, 0.5) is 13.2 Å². The smallest absolute Gasteiger partial charge is 0.390 e. The van der Waals surface area contributed by atoms with Gasteiger partial charge in [-0.3, -0.25) is 0 Å². The fourth-order valence-corrected chi connectivity index (χ4v) is 2.47. The first kappa shape index (κ1) is 16.0. The molecule has 19 heavy (non-hydrogen) atoms. The second-order valence-corrected chi connectivity index (χ2v) is 5.10. The molecule has 0 saturated heterocycles. The topological polar surface area (TPSA) is 20.2 Å². The molecule has 0 heterocycles. The largest absolute Gasteiger partial charge is 0.416 e. The molecule has 1 aromatic rings. The average Bonchev–Trinajstić information content (AvgIpc) is 2.28. The predicted molar refractivity (Wildman–Crippen MR) is 69.9 cm³/mol. The lowest BCUT2D eigenvalue weighted by Crippen LogP contribution is -2.31. The minimum Gasteiger partial charge on any atom is -0.390 e. The van der Waals surface area contributed by atoms with Crippen LogP contribution in [0, 0.1) is 0 Å². The van der Waals surface area contributed by atoms with Crippen LogP contribution in [0.15, 0.2) is 24.3 Å². The van der Waals surface area contributed by atoms with Gasteiger partial charge in [-0.15, -0.1) is 0 Å². The molecule has 0 fully saturated rings. The average molecular weight is 274 g/mol. The van der Waals surface area contributed by atoms with Gasteiger partial charge in [0.05, 0.1) is 11.2 Å². The zero-order valence-electron chi connectivity index (χ0n) is 11.4. The Bertz CT molecular complexity index is 393. The van der Waals surface area contributed by atoms with E-state index in [1.807, 2.05) is 13.8 Å². The fraction of sp³-hybridized carbons (Fsp3) is 0.600. The van der Waals surface area contributed by atoms with Crippen molar-refractivity contribution in [1.82, 2.24) is 0 Å². The van der Waals surface area contributed by atoms with Crippen LogP contribution in [0.25, 0.3) is 0 Å². The third kappa shape index (κ3) is 4.86. The molecule has 0 aliphatic rings. The van der Waals surface area contributed by atoms with E-state index >= 15 is 0 Å². The quantitative estimate of drug-likeness (QED) is 0.805. The van der Waals surface area contributed by atoms with E-state index in [0.717, 1.165) is 25.0 Å². The van der Waals surface area contributed by atoms with E-state index in [4.69, 9.17) is 0 Å². The second kappa shape index (κ2) is 6.42. The molecule has 0 amide bonds. The van der Waals surface area contributed by atoms with Crippen LogP contribution >= 0.6 is 0 Å². The number of halogens is 3. The molecule has 1 rings (SSSR count). The number of rotatable bonds is 6. The van der Waals surface area contributed by atoms with E-state index in [2.05, 4.69) is 0 Å². The van der Waals surface area contributed by atoms with E-state index in [1.165, 1.54) is 6.07 Å². The lowest BCUT2D eigenvalue weighted by molar-refractivity contribution is -0.137. The summed E-state index contributed by atoms with van der Waals surface area (Å²) in [5, 5.41) is 10.5. The first-order valence-electron chi connectivity index (χ1n) is 6.69. The van der Waals surface area contributed by atoms with E-state index < -0.39 is 17.3 Å². The van der Waals surface area contributed by atoms with Crippen LogP contribution in [0.2, 0.25) is 0 Å². The molecule has 4 heteroatoms. The van der Waals surface area contributed by atoms with E-state index in [9.17, 15) is 18.3 Å². The zero-order chi connectivity index (χ0) is 14.5. The second-order valence-electron chi connectivity index (χ2n) is 5.10. The molecular weight excluding hydrogens is 253 g/mol. The number of hydrogen-bond donors (Lipinski definition) is 1. The Kier molecular flexibility index (Phi) is 5.41. The highest BCUT2D eigenvalue weighted by Gasteiger charge is 2.31. The van der Waals surface area contributed by atoms with Gasteiger partial charge < -0.3 is 5.11 Å². The van der Waals surface area contributed by atoms with Gasteiger partial charge in [-0.05, 0) is 24.5 Å². The Hall–Kier alpha value is -1.03. The summed E-state index contributed by atoms with van der Waals surface area (Å²) in [5.41, 5.74) is -1.01. The maximum Gasteiger partial charge on any atom is 0.416 e. The van der Waals surface area contributed by atoms with Crippen molar-refractivity contribution in [1.29, 1.82) is 0 Å². The van der Waals surface area contributed by atoms with Crippen LogP contribution in [-0.2, 0) is 12.6 Å². The minimum absolute atomic E-state index is 0.276. The third-order valence-corrected chi connectivity index (χ3v) is 3.22. The monoisotopic (exact) mass is 274 g/mol. The molecule has 1 N–H and O–H groups in total. The Morgan fingerprint density at radius 3 is 2.11 bits per heavy atom. The van der Waals surface area contributed by atoms with Crippen LogP contribution < -0.4 is 0 Å². The summed E-state index contributed by atoms with van der Waals surface area (Å²) < 4.78 is 37.9. The maximum atomic E-state index is 12.6. The number of hydrogen-bond acceptors (Lipinski definition) is 1. The summed E-state index contributed by atoms with van der Waals surface area (Å²) in [6.45, 7) is 3.93. The summed E-state index contributed by atoms with van der Waals surface area (Å²) in [5.74, 6) is 0. The number of alkyl halides is 3. The van der Waals surface area contributed by atoms with Gasteiger partial charge in [0.1, 0.15) is 0 Å². The van der Waals surface area contributed by atoms with E-state index in [0.29, 0.717) is 18.4 Å². The van der Waals surface area contributed by atoms with Crippen LogP contribution in [-0.4, -0.2) is 10.7 Å². The first-order valence-corrected chi connectivity index (χ1v) is 6.69. The van der Waals surface area contributed by atoms with Crippen molar-refractivity contribution in [2.24, 2.45) is 0 Å². The molecule has 1 nitrogen and oxygen atoms in total. The molecule has 0 saturated carbocycles. The van der Waals surface area contributed by atoms with Gasteiger partial charge in [0.15, 0.2) is 0 Å². The van der Waals surface area contributed by atoms with Crippen molar-refractivity contribution in [2.45, 2.75) is 57.7 Å². The summed E-state index contributed by atoms with van der Waals surface area (Å²) in [7, 11) is 0. The summed E-state index contributed by atoms with van der Waals surface area (Å²) >= 11 is 0. The van der Waals surface area contributed by atoms with Gasteiger partial charge in [0.2, 0.25) is 0 Å². The van der Waals surface area contributed by atoms with Crippen molar-refractivity contribution < 1.29 is 18.3 Å². The normalized spacial score (nSPS) is 12.7. The van der Waals surface area contributed by atoms with Crippen LogP contribution in [0.3, 0.4) is 0 Å². The zero-order valence-corrected chi connectivity index (χ0v) is 11.4. The van der Waals surface area contributed by atoms with Crippen molar-refractivity contribution in [3.63, 3.8) is 0 Å². The first-order chi connectivity index (χ1) is 8.80. The molecule has 0 aromatic heterocycles. The summed E-state index contributed by atoms with van der Waals surface area (Å²) in [4.78, 5) is 0. The third-order valence-electron chi connectivity index (χ3n) is 3.22. The molecule has 0 bridgehead atoms. The Morgan fingerprint density at radius 2 is 1.63 bits per heavy atom. The molecular formula is C15H21F3O. The van der Waals surface area contributed by atoms with Gasteiger partial charge in [-0.25, -0.2) is 0 Å².